The monoisotopic (exact) mass is 279 g/mol. The number of likely N-dealkylation sites (N-methyl/N-ethyl adjacent to an activating group) is 1. The van der Waals surface area contributed by atoms with Crippen molar-refractivity contribution in [1.29, 1.82) is 0 Å². The molecule has 2 atom stereocenters. The second-order valence-electron chi connectivity index (χ2n) is 4.87. The number of para-hydroxylation sites is 1. The van der Waals surface area contributed by atoms with Crippen LogP contribution in [0.2, 0.25) is 0 Å². The summed E-state index contributed by atoms with van der Waals surface area (Å²) >= 11 is 0. The van der Waals surface area contributed by atoms with Crippen LogP contribution >= 0.6 is 0 Å². The summed E-state index contributed by atoms with van der Waals surface area (Å²) in [6.07, 6.45) is 0.245. The van der Waals surface area contributed by atoms with Gasteiger partial charge in [-0.2, -0.15) is 0 Å². The van der Waals surface area contributed by atoms with Gasteiger partial charge in [0.25, 0.3) is 0 Å². The average Bonchev–Trinajstić information content (AvgIpc) is 2.45. The highest BCUT2D eigenvalue weighted by atomic mass is 16.5. The fourth-order valence-corrected chi connectivity index (χ4v) is 1.97. The molecule has 1 amide bonds. The number of nitrogens with zero attached hydrogens (tertiary/aromatic N) is 1. The summed E-state index contributed by atoms with van der Waals surface area (Å²) in [6, 6.07) is 6.70. The number of hydrogen-bond acceptors (Lipinski definition) is 3. The molecule has 0 fully saturated rings. The molecule has 2 unspecified atom stereocenters. The van der Waals surface area contributed by atoms with Crippen molar-refractivity contribution < 1.29 is 19.4 Å². The Morgan fingerprint density at radius 3 is 2.45 bits per heavy atom. The number of amides is 1. The molecular formula is C15H21NO4. The van der Waals surface area contributed by atoms with Crippen LogP contribution < -0.4 is 4.74 Å². The molecular weight excluding hydrogens is 258 g/mol. The van der Waals surface area contributed by atoms with Crippen molar-refractivity contribution in [3.05, 3.63) is 29.8 Å². The van der Waals surface area contributed by atoms with E-state index < -0.39 is 12.0 Å². The van der Waals surface area contributed by atoms with E-state index in [2.05, 4.69) is 0 Å². The second kappa shape index (κ2) is 6.93. The summed E-state index contributed by atoms with van der Waals surface area (Å²) in [5.74, 6) is -0.507. The summed E-state index contributed by atoms with van der Waals surface area (Å²) in [6.45, 7) is 3.42. The van der Waals surface area contributed by atoms with Crippen LogP contribution in [0, 0.1) is 0 Å². The molecule has 1 N–H and O–H groups in total. The Morgan fingerprint density at radius 1 is 1.30 bits per heavy atom. The standard InChI is InChI=1S/C15H21NO4/c1-10(12-7-5-6-8-13(12)20-4)9-14(17)16(3)11(2)15(18)19/h5-8,10-11H,9H2,1-4H3,(H,18,19). The first-order chi connectivity index (χ1) is 9.38. The summed E-state index contributed by atoms with van der Waals surface area (Å²) in [7, 11) is 3.10. The summed E-state index contributed by atoms with van der Waals surface area (Å²) < 4.78 is 5.28. The van der Waals surface area contributed by atoms with Crippen LogP contribution in [0.15, 0.2) is 24.3 Å². The highest BCUT2D eigenvalue weighted by Gasteiger charge is 2.24. The third-order valence-corrected chi connectivity index (χ3v) is 3.48. The summed E-state index contributed by atoms with van der Waals surface area (Å²) in [4.78, 5) is 24.2. The van der Waals surface area contributed by atoms with E-state index >= 15 is 0 Å². The molecule has 0 aliphatic rings. The quantitative estimate of drug-likeness (QED) is 0.866. The van der Waals surface area contributed by atoms with Crippen LogP contribution in [0.5, 0.6) is 5.75 Å². The lowest BCUT2D eigenvalue weighted by Crippen LogP contribution is -2.40. The molecule has 0 saturated heterocycles. The number of carboxylic acids is 1. The van der Waals surface area contributed by atoms with E-state index in [0.717, 1.165) is 11.3 Å². The lowest BCUT2D eigenvalue weighted by Gasteiger charge is -2.23. The van der Waals surface area contributed by atoms with Gasteiger partial charge in [-0.25, -0.2) is 4.79 Å². The largest absolute Gasteiger partial charge is 0.496 e. The van der Waals surface area contributed by atoms with Crippen molar-refractivity contribution in [3.8, 4) is 5.75 Å². The third kappa shape index (κ3) is 3.73. The van der Waals surface area contributed by atoms with Gasteiger partial charge < -0.3 is 14.7 Å². The molecule has 0 aromatic heterocycles. The zero-order valence-electron chi connectivity index (χ0n) is 12.3. The van der Waals surface area contributed by atoms with Crippen LogP contribution in [-0.4, -0.2) is 42.1 Å². The number of carboxylic acid groups (broad SMARTS) is 1. The van der Waals surface area contributed by atoms with E-state index in [1.54, 1.807) is 7.11 Å². The molecule has 0 spiro atoms. The first-order valence-electron chi connectivity index (χ1n) is 6.49. The molecule has 1 aromatic rings. The highest BCUT2D eigenvalue weighted by Crippen LogP contribution is 2.28. The van der Waals surface area contributed by atoms with Gasteiger partial charge in [0.05, 0.1) is 7.11 Å². The minimum atomic E-state index is -1.01. The number of ether oxygens (including phenoxy) is 1. The second-order valence-corrected chi connectivity index (χ2v) is 4.87. The maximum absolute atomic E-state index is 12.1. The van der Waals surface area contributed by atoms with Crippen LogP contribution in [0.3, 0.4) is 0 Å². The fraction of sp³-hybridized carbons (Fsp3) is 0.467. The van der Waals surface area contributed by atoms with E-state index in [1.165, 1.54) is 18.9 Å². The molecule has 5 heteroatoms. The smallest absolute Gasteiger partial charge is 0.326 e. The van der Waals surface area contributed by atoms with E-state index in [-0.39, 0.29) is 18.2 Å². The predicted octanol–water partition coefficient (Wildman–Crippen LogP) is 2.12. The number of benzene rings is 1. The van der Waals surface area contributed by atoms with Gasteiger partial charge in [0.1, 0.15) is 11.8 Å². The zero-order chi connectivity index (χ0) is 15.3. The maximum atomic E-state index is 12.1. The number of carbonyl (C=O) groups excluding carboxylic acids is 1. The minimum Gasteiger partial charge on any atom is -0.496 e. The van der Waals surface area contributed by atoms with Crippen molar-refractivity contribution in [2.75, 3.05) is 14.2 Å². The van der Waals surface area contributed by atoms with E-state index in [0.29, 0.717) is 0 Å². The molecule has 1 aromatic carbocycles. The molecule has 110 valence electrons. The number of methoxy groups -OCH3 is 1. The fourth-order valence-electron chi connectivity index (χ4n) is 1.97. The first kappa shape index (κ1) is 16.0. The van der Waals surface area contributed by atoms with Crippen molar-refractivity contribution in [2.45, 2.75) is 32.2 Å². The van der Waals surface area contributed by atoms with Gasteiger partial charge in [0.15, 0.2) is 0 Å². The Morgan fingerprint density at radius 2 is 1.90 bits per heavy atom. The van der Waals surface area contributed by atoms with Crippen LogP contribution in [0.4, 0.5) is 0 Å². The lowest BCUT2D eigenvalue weighted by molar-refractivity contribution is -0.148. The Labute approximate surface area is 119 Å². The van der Waals surface area contributed by atoms with Crippen molar-refractivity contribution >= 4 is 11.9 Å². The SMILES string of the molecule is COc1ccccc1C(C)CC(=O)N(C)C(C)C(=O)O. The van der Waals surface area contributed by atoms with E-state index in [9.17, 15) is 9.59 Å². The average molecular weight is 279 g/mol. The first-order valence-corrected chi connectivity index (χ1v) is 6.49. The normalized spacial score (nSPS) is 13.4. The Balaban J connectivity index is 2.77. The van der Waals surface area contributed by atoms with Crippen molar-refractivity contribution in [3.63, 3.8) is 0 Å². The van der Waals surface area contributed by atoms with E-state index in [1.807, 2.05) is 31.2 Å². The maximum Gasteiger partial charge on any atom is 0.326 e. The Kier molecular flexibility index (Phi) is 5.55. The van der Waals surface area contributed by atoms with Gasteiger partial charge in [0.2, 0.25) is 5.91 Å². The number of aliphatic carboxylic acids is 1. The van der Waals surface area contributed by atoms with Crippen LogP contribution in [0.25, 0.3) is 0 Å². The summed E-state index contributed by atoms with van der Waals surface area (Å²) in [5.41, 5.74) is 0.944. The molecule has 1 rings (SSSR count). The third-order valence-electron chi connectivity index (χ3n) is 3.48. The van der Waals surface area contributed by atoms with Gasteiger partial charge in [-0.05, 0) is 24.5 Å². The number of rotatable bonds is 6. The van der Waals surface area contributed by atoms with Gasteiger partial charge in [0, 0.05) is 13.5 Å². The molecule has 0 heterocycles. The van der Waals surface area contributed by atoms with Crippen molar-refractivity contribution in [2.24, 2.45) is 0 Å². The topological polar surface area (TPSA) is 66.8 Å². The summed E-state index contributed by atoms with van der Waals surface area (Å²) in [5, 5.41) is 8.92. The van der Waals surface area contributed by atoms with Gasteiger partial charge in [-0.1, -0.05) is 25.1 Å². The Hall–Kier alpha value is -2.04. The van der Waals surface area contributed by atoms with Crippen LogP contribution in [-0.2, 0) is 9.59 Å². The molecule has 0 bridgehead atoms. The predicted molar refractivity (Wildman–Crippen MR) is 75.9 cm³/mol. The molecule has 0 radical (unpaired) electrons. The van der Waals surface area contributed by atoms with Gasteiger partial charge >= 0.3 is 5.97 Å². The van der Waals surface area contributed by atoms with Crippen LogP contribution in [0.1, 0.15) is 31.7 Å². The number of carbonyl (C=O) groups is 2. The lowest BCUT2D eigenvalue weighted by atomic mass is 9.96. The molecule has 0 saturated carbocycles. The van der Waals surface area contributed by atoms with Gasteiger partial charge in [-0.3, -0.25) is 4.79 Å². The molecule has 20 heavy (non-hydrogen) atoms. The van der Waals surface area contributed by atoms with Crippen molar-refractivity contribution in [1.82, 2.24) is 4.90 Å². The molecule has 0 aliphatic heterocycles. The molecule has 0 aliphatic carbocycles. The number of hydrogen-bond donors (Lipinski definition) is 1. The highest BCUT2D eigenvalue weighted by molar-refractivity contribution is 5.83. The minimum absolute atomic E-state index is 0.0397. The van der Waals surface area contributed by atoms with E-state index in [4.69, 9.17) is 9.84 Å². The zero-order valence-corrected chi connectivity index (χ0v) is 12.3. The van der Waals surface area contributed by atoms with Gasteiger partial charge in [-0.15, -0.1) is 0 Å². The Bertz CT molecular complexity index is 487. The molecule has 5 nitrogen and oxygen atoms in total.